The molecule has 0 aliphatic heterocycles. The molecule has 0 amide bonds. The zero-order valence-electron chi connectivity index (χ0n) is 18.1. The number of hydrogen-bond acceptors (Lipinski definition) is 1. The topological polar surface area (TPSA) is 9.23 Å². The normalized spacial score (nSPS) is 34.3. The molecule has 3 rings (SSSR count). The summed E-state index contributed by atoms with van der Waals surface area (Å²) in [4.78, 5) is 0. The quantitative estimate of drug-likeness (QED) is 0.301. The maximum absolute atomic E-state index is 12.4. The summed E-state index contributed by atoms with van der Waals surface area (Å²) in [7, 11) is 0. The highest BCUT2D eigenvalue weighted by atomic mass is 19.4. The molecular formula is C25H39F3O. The summed E-state index contributed by atoms with van der Waals surface area (Å²) in [5.41, 5.74) is 1.53. The predicted molar refractivity (Wildman–Crippen MR) is 112 cm³/mol. The second kappa shape index (κ2) is 11.0. The van der Waals surface area contributed by atoms with Gasteiger partial charge >= 0.3 is 6.36 Å². The zero-order chi connectivity index (χ0) is 20.7. The lowest BCUT2D eigenvalue weighted by Crippen LogP contribution is -2.29. The minimum atomic E-state index is -4.49. The van der Waals surface area contributed by atoms with Crippen LogP contribution in [-0.4, -0.2) is 12.5 Å². The molecule has 0 radical (unpaired) electrons. The fraction of sp³-hybridized carbons (Fsp3) is 0.840. The van der Waals surface area contributed by atoms with Gasteiger partial charge < -0.3 is 0 Å². The van der Waals surface area contributed by atoms with Gasteiger partial charge in [-0.1, -0.05) is 43.1 Å². The van der Waals surface area contributed by atoms with E-state index in [1.165, 1.54) is 69.8 Å². The number of hydrogen-bond donors (Lipinski definition) is 0. The Bertz CT molecular complexity index is 535. The summed E-state index contributed by atoms with van der Waals surface area (Å²) in [5.74, 6) is 3.18. The van der Waals surface area contributed by atoms with Gasteiger partial charge in [-0.15, -0.1) is 13.2 Å². The summed E-state index contributed by atoms with van der Waals surface area (Å²) in [5, 5.41) is 0. The van der Waals surface area contributed by atoms with E-state index in [-0.39, 0.29) is 0 Å². The van der Waals surface area contributed by atoms with E-state index in [4.69, 9.17) is 0 Å². The highest BCUT2D eigenvalue weighted by Gasteiger charge is 2.36. The van der Waals surface area contributed by atoms with Crippen LogP contribution in [0, 0.1) is 23.7 Å². The molecule has 2 saturated carbocycles. The molecule has 2 fully saturated rings. The van der Waals surface area contributed by atoms with Gasteiger partial charge in [0.2, 0.25) is 0 Å². The highest BCUT2D eigenvalue weighted by molar-refractivity contribution is 5.12. The van der Waals surface area contributed by atoms with Crippen molar-refractivity contribution < 1.29 is 17.9 Å². The molecule has 0 N–H and O–H groups in total. The van der Waals surface area contributed by atoms with E-state index in [2.05, 4.69) is 29.9 Å². The van der Waals surface area contributed by atoms with Crippen molar-refractivity contribution in [1.29, 1.82) is 0 Å². The van der Waals surface area contributed by atoms with Crippen LogP contribution in [0.1, 0.15) is 96.8 Å². The van der Waals surface area contributed by atoms with Gasteiger partial charge in [0.15, 0.2) is 0 Å². The average Bonchev–Trinajstić information content (AvgIpc) is 2.71. The second-order valence-electron chi connectivity index (χ2n) is 9.63. The molecule has 1 nitrogen and oxygen atoms in total. The number of allylic oxidation sites excluding steroid dienone is 4. The predicted octanol–water partition coefficient (Wildman–Crippen LogP) is 8.36. The number of alkyl halides is 3. The van der Waals surface area contributed by atoms with Crippen LogP contribution in [0.15, 0.2) is 23.8 Å². The molecule has 4 heteroatoms. The van der Waals surface area contributed by atoms with Gasteiger partial charge in [0, 0.05) is 0 Å². The van der Waals surface area contributed by atoms with Gasteiger partial charge in [-0.3, -0.25) is 4.74 Å². The van der Waals surface area contributed by atoms with Crippen molar-refractivity contribution in [1.82, 2.24) is 0 Å². The first-order valence-electron chi connectivity index (χ1n) is 12.0. The van der Waals surface area contributed by atoms with Gasteiger partial charge in [-0.25, -0.2) is 0 Å². The van der Waals surface area contributed by atoms with Crippen molar-refractivity contribution in [3.63, 3.8) is 0 Å². The van der Waals surface area contributed by atoms with Crippen molar-refractivity contribution in [3.8, 4) is 0 Å². The molecule has 0 aromatic carbocycles. The van der Waals surface area contributed by atoms with E-state index in [1.807, 2.05) is 0 Å². The number of ether oxygens (including phenoxy) is 1. The van der Waals surface area contributed by atoms with Gasteiger partial charge in [0.25, 0.3) is 0 Å². The van der Waals surface area contributed by atoms with E-state index < -0.39 is 12.5 Å². The molecule has 1 atom stereocenters. The third kappa shape index (κ3) is 7.45. The van der Waals surface area contributed by atoms with Gasteiger partial charge in [0.1, 0.15) is 0 Å². The summed E-state index contributed by atoms with van der Waals surface area (Å²) in [6.45, 7) is 2.10. The molecular weight excluding hydrogens is 373 g/mol. The minimum absolute atomic E-state index is 0.497. The van der Waals surface area contributed by atoms with E-state index >= 15 is 0 Å². The van der Waals surface area contributed by atoms with Crippen molar-refractivity contribution in [3.05, 3.63) is 23.8 Å². The smallest absolute Gasteiger partial charge is 0.289 e. The van der Waals surface area contributed by atoms with Crippen LogP contribution in [0.4, 0.5) is 13.2 Å². The molecule has 166 valence electrons. The first-order valence-corrected chi connectivity index (χ1v) is 12.0. The van der Waals surface area contributed by atoms with Gasteiger partial charge in [0.05, 0.1) is 6.10 Å². The molecule has 0 saturated heterocycles. The lowest BCUT2D eigenvalue weighted by atomic mass is 9.69. The molecule has 3 aliphatic carbocycles. The SMILES string of the molecule is C/C=C/CCCC1CCC(C2CC=C(C3CCC(OC(F)(F)F)CC3)CC2)CC1. The fourth-order valence-corrected chi connectivity index (χ4v) is 6.05. The lowest BCUT2D eigenvalue weighted by Gasteiger charge is -2.37. The molecule has 0 heterocycles. The van der Waals surface area contributed by atoms with Crippen molar-refractivity contribution in [2.45, 2.75) is 109 Å². The average molecular weight is 413 g/mol. The number of unbranched alkanes of at least 4 members (excludes halogenated alkanes) is 1. The van der Waals surface area contributed by atoms with E-state index in [0.717, 1.165) is 30.6 Å². The Morgan fingerprint density at radius 2 is 1.69 bits per heavy atom. The Hall–Kier alpha value is -0.770. The van der Waals surface area contributed by atoms with Crippen LogP contribution in [0.25, 0.3) is 0 Å². The van der Waals surface area contributed by atoms with Gasteiger partial charge in [-0.2, -0.15) is 0 Å². The minimum Gasteiger partial charge on any atom is -0.289 e. The maximum atomic E-state index is 12.4. The number of halogens is 3. The second-order valence-corrected chi connectivity index (χ2v) is 9.63. The van der Waals surface area contributed by atoms with Crippen LogP contribution < -0.4 is 0 Å². The molecule has 0 bridgehead atoms. The Kier molecular flexibility index (Phi) is 8.70. The molecule has 3 aliphatic rings. The van der Waals surface area contributed by atoms with Gasteiger partial charge in [-0.05, 0) is 101 Å². The maximum Gasteiger partial charge on any atom is 0.522 e. The summed E-state index contributed by atoms with van der Waals surface area (Å²) in [6, 6.07) is 0. The van der Waals surface area contributed by atoms with Crippen LogP contribution >= 0.6 is 0 Å². The Morgan fingerprint density at radius 3 is 2.28 bits per heavy atom. The van der Waals surface area contributed by atoms with Crippen LogP contribution in [0.3, 0.4) is 0 Å². The van der Waals surface area contributed by atoms with E-state index in [9.17, 15) is 13.2 Å². The zero-order valence-corrected chi connectivity index (χ0v) is 18.1. The summed E-state index contributed by atoms with van der Waals surface area (Å²) >= 11 is 0. The third-order valence-corrected chi connectivity index (χ3v) is 7.76. The Balaban J connectivity index is 1.36. The molecule has 0 aromatic rings. The molecule has 0 spiro atoms. The fourth-order valence-electron chi connectivity index (χ4n) is 6.05. The van der Waals surface area contributed by atoms with Crippen molar-refractivity contribution >= 4 is 0 Å². The molecule has 0 aromatic heterocycles. The summed E-state index contributed by atoms with van der Waals surface area (Å²) in [6.07, 6.45) is 17.9. The van der Waals surface area contributed by atoms with Crippen LogP contribution in [0.2, 0.25) is 0 Å². The largest absolute Gasteiger partial charge is 0.522 e. The van der Waals surface area contributed by atoms with E-state index in [1.54, 1.807) is 0 Å². The van der Waals surface area contributed by atoms with Crippen molar-refractivity contribution in [2.24, 2.45) is 23.7 Å². The standard InChI is InChI=1S/C25H39F3O/c1-2-3-4-5-6-19-7-9-20(10-8-19)21-11-13-22(14-12-21)23-15-17-24(18-16-23)29-25(26,27)28/h2-3,13,19-21,23-24H,4-12,14-18H2,1H3/b3-2+. The number of rotatable bonds is 7. The Morgan fingerprint density at radius 1 is 0.966 bits per heavy atom. The third-order valence-electron chi connectivity index (χ3n) is 7.76. The Labute approximate surface area is 175 Å². The first kappa shape index (κ1) is 22.9. The lowest BCUT2D eigenvalue weighted by molar-refractivity contribution is -0.345. The summed E-state index contributed by atoms with van der Waals surface area (Å²) < 4.78 is 41.4. The highest BCUT2D eigenvalue weighted by Crippen LogP contribution is 2.43. The van der Waals surface area contributed by atoms with Crippen LogP contribution in [0.5, 0.6) is 0 Å². The first-order chi connectivity index (χ1) is 13.9. The molecule has 1 unspecified atom stereocenters. The van der Waals surface area contributed by atoms with Crippen molar-refractivity contribution in [2.75, 3.05) is 0 Å². The monoisotopic (exact) mass is 412 g/mol. The van der Waals surface area contributed by atoms with E-state index in [0.29, 0.717) is 18.8 Å². The van der Waals surface area contributed by atoms with Crippen LogP contribution in [-0.2, 0) is 4.74 Å². The molecule has 29 heavy (non-hydrogen) atoms.